The summed E-state index contributed by atoms with van der Waals surface area (Å²) in [6.07, 6.45) is 0. The van der Waals surface area contributed by atoms with Gasteiger partial charge in [-0.2, -0.15) is 4.31 Å². The van der Waals surface area contributed by atoms with Gasteiger partial charge in [0.15, 0.2) is 0 Å². The minimum absolute atomic E-state index is 0.106. The molecule has 140 valence electrons. The van der Waals surface area contributed by atoms with Crippen LogP contribution in [0.3, 0.4) is 0 Å². The van der Waals surface area contributed by atoms with Gasteiger partial charge < -0.3 is 4.90 Å². The third-order valence-electron chi connectivity index (χ3n) is 4.78. The van der Waals surface area contributed by atoms with E-state index < -0.39 is 10.0 Å². The number of hydrogen-bond donors (Lipinski definition) is 0. The zero-order valence-corrected chi connectivity index (χ0v) is 17.2. The van der Waals surface area contributed by atoms with Gasteiger partial charge in [0.05, 0.1) is 22.5 Å². The van der Waals surface area contributed by atoms with Gasteiger partial charge in [-0.05, 0) is 37.6 Å². The first-order valence-electron chi connectivity index (χ1n) is 8.58. The van der Waals surface area contributed by atoms with Crippen LogP contribution in [0.2, 0.25) is 10.0 Å². The molecule has 0 saturated carbocycles. The van der Waals surface area contributed by atoms with Crippen LogP contribution in [-0.2, 0) is 10.0 Å². The van der Waals surface area contributed by atoms with Crippen molar-refractivity contribution in [3.05, 3.63) is 63.6 Å². The molecule has 0 bridgehead atoms. The molecular weight excluding hydrogens is 391 g/mol. The summed E-state index contributed by atoms with van der Waals surface area (Å²) >= 11 is 12.5. The van der Waals surface area contributed by atoms with E-state index in [4.69, 9.17) is 23.2 Å². The van der Waals surface area contributed by atoms with Crippen LogP contribution in [0.4, 0.5) is 5.69 Å². The van der Waals surface area contributed by atoms with Crippen LogP contribution in [0.1, 0.15) is 24.1 Å². The number of sulfonamides is 1. The molecule has 0 N–H and O–H groups in total. The summed E-state index contributed by atoms with van der Waals surface area (Å²) in [6.45, 7) is 5.12. The number of aryl methyl sites for hydroxylation is 1. The highest BCUT2D eigenvalue weighted by Crippen LogP contribution is 2.37. The summed E-state index contributed by atoms with van der Waals surface area (Å²) in [6, 6.07) is 13.5. The van der Waals surface area contributed by atoms with Crippen LogP contribution in [0, 0.1) is 6.92 Å². The quantitative estimate of drug-likeness (QED) is 0.740. The lowest BCUT2D eigenvalue weighted by atomic mass is 10.0. The molecule has 1 aliphatic heterocycles. The van der Waals surface area contributed by atoms with Crippen molar-refractivity contribution in [1.29, 1.82) is 0 Å². The Morgan fingerprint density at radius 1 is 1.08 bits per heavy atom. The van der Waals surface area contributed by atoms with Crippen molar-refractivity contribution in [3.8, 4) is 0 Å². The molecule has 1 atom stereocenters. The van der Waals surface area contributed by atoms with Gasteiger partial charge in [0, 0.05) is 24.7 Å². The summed E-state index contributed by atoms with van der Waals surface area (Å²) in [5.74, 6) is 0.106. The fraction of sp³-hybridized carbons (Fsp3) is 0.368. The molecule has 1 aliphatic rings. The number of piperazine rings is 1. The Hall–Kier alpha value is -1.27. The smallest absolute Gasteiger partial charge is 0.213 e. The average Bonchev–Trinajstić information content (AvgIpc) is 2.62. The molecule has 2 aromatic carbocycles. The first kappa shape index (κ1) is 19.5. The second-order valence-corrected chi connectivity index (χ2v) is 9.58. The van der Waals surface area contributed by atoms with Crippen molar-refractivity contribution < 1.29 is 8.42 Å². The molecule has 0 aromatic heterocycles. The van der Waals surface area contributed by atoms with Crippen LogP contribution < -0.4 is 4.90 Å². The minimum atomic E-state index is -3.24. The lowest BCUT2D eigenvalue weighted by Crippen LogP contribution is -2.51. The highest BCUT2D eigenvalue weighted by Gasteiger charge is 2.34. The maximum absolute atomic E-state index is 12.4. The fourth-order valence-electron chi connectivity index (χ4n) is 3.27. The molecule has 2 aromatic rings. The van der Waals surface area contributed by atoms with Crippen LogP contribution in [0.15, 0.2) is 42.5 Å². The van der Waals surface area contributed by atoms with E-state index in [0.29, 0.717) is 29.7 Å². The summed E-state index contributed by atoms with van der Waals surface area (Å²) in [5, 5.41) is 1.15. The van der Waals surface area contributed by atoms with Crippen LogP contribution in [-0.4, -0.2) is 38.1 Å². The molecule has 4 nitrogen and oxygen atoms in total. The van der Waals surface area contributed by atoms with Gasteiger partial charge in [0.2, 0.25) is 10.0 Å². The number of nitrogens with zero attached hydrogens (tertiary/aromatic N) is 2. The zero-order valence-electron chi connectivity index (χ0n) is 14.8. The summed E-state index contributed by atoms with van der Waals surface area (Å²) in [5.41, 5.74) is 3.10. The van der Waals surface area contributed by atoms with Crippen molar-refractivity contribution in [2.24, 2.45) is 0 Å². The fourth-order valence-corrected chi connectivity index (χ4v) is 4.88. The summed E-state index contributed by atoms with van der Waals surface area (Å²) in [4.78, 5) is 2.17. The standard InChI is InChI=1S/C19H22Cl2N2O2S/c1-3-26(24,25)22-10-11-23(18-9-8-16(20)12-17(18)21)19(13-22)15-6-4-14(2)5-7-15/h4-9,12,19H,3,10-11,13H2,1-2H3/t19-/m1/s1. The number of anilines is 1. The predicted molar refractivity (Wildman–Crippen MR) is 109 cm³/mol. The number of benzene rings is 2. The molecule has 0 spiro atoms. The van der Waals surface area contributed by atoms with Gasteiger partial charge in [-0.1, -0.05) is 53.0 Å². The Balaban J connectivity index is 2.01. The highest BCUT2D eigenvalue weighted by atomic mass is 35.5. The molecule has 0 aliphatic carbocycles. The Morgan fingerprint density at radius 3 is 2.38 bits per heavy atom. The number of rotatable bonds is 4. The highest BCUT2D eigenvalue weighted by molar-refractivity contribution is 7.89. The van der Waals surface area contributed by atoms with Crippen molar-refractivity contribution in [3.63, 3.8) is 0 Å². The van der Waals surface area contributed by atoms with Crippen LogP contribution >= 0.6 is 23.2 Å². The molecule has 0 amide bonds. The van der Waals surface area contributed by atoms with Crippen molar-refractivity contribution >= 4 is 38.9 Å². The van der Waals surface area contributed by atoms with Gasteiger partial charge in [-0.15, -0.1) is 0 Å². The largest absolute Gasteiger partial charge is 0.361 e. The molecular formula is C19H22Cl2N2O2S. The maximum Gasteiger partial charge on any atom is 0.213 e. The molecule has 3 rings (SSSR count). The molecule has 0 radical (unpaired) electrons. The van der Waals surface area contributed by atoms with Gasteiger partial charge in [0.25, 0.3) is 0 Å². The predicted octanol–water partition coefficient (Wildman–Crippen LogP) is 4.51. The molecule has 26 heavy (non-hydrogen) atoms. The monoisotopic (exact) mass is 412 g/mol. The van der Waals surface area contributed by atoms with Gasteiger partial charge in [0.1, 0.15) is 0 Å². The topological polar surface area (TPSA) is 40.6 Å². The van der Waals surface area contributed by atoms with Crippen LogP contribution in [0.25, 0.3) is 0 Å². The second-order valence-electron chi connectivity index (χ2n) is 6.47. The van der Waals surface area contributed by atoms with Crippen LogP contribution in [0.5, 0.6) is 0 Å². The van der Waals surface area contributed by atoms with Crippen molar-refractivity contribution in [2.75, 3.05) is 30.3 Å². The van der Waals surface area contributed by atoms with Crippen molar-refractivity contribution in [2.45, 2.75) is 19.9 Å². The van der Waals surface area contributed by atoms with E-state index in [1.54, 1.807) is 17.3 Å². The first-order valence-corrected chi connectivity index (χ1v) is 10.9. The zero-order chi connectivity index (χ0) is 18.9. The summed E-state index contributed by atoms with van der Waals surface area (Å²) < 4.78 is 26.4. The Bertz CT molecular complexity index is 885. The second kappa shape index (κ2) is 7.77. The van der Waals surface area contributed by atoms with E-state index in [0.717, 1.165) is 11.3 Å². The van der Waals surface area contributed by atoms with Crippen molar-refractivity contribution in [1.82, 2.24) is 4.31 Å². The van der Waals surface area contributed by atoms with E-state index >= 15 is 0 Å². The van der Waals surface area contributed by atoms with E-state index in [1.807, 2.05) is 31.2 Å². The number of halogens is 2. The van der Waals surface area contributed by atoms with E-state index in [1.165, 1.54) is 5.56 Å². The molecule has 7 heteroatoms. The van der Waals surface area contributed by atoms with Gasteiger partial charge in [-0.3, -0.25) is 0 Å². The van der Waals surface area contributed by atoms with Gasteiger partial charge >= 0.3 is 0 Å². The molecule has 0 unspecified atom stereocenters. The third-order valence-corrected chi connectivity index (χ3v) is 7.17. The maximum atomic E-state index is 12.4. The molecule has 1 heterocycles. The lowest BCUT2D eigenvalue weighted by molar-refractivity contribution is 0.336. The van der Waals surface area contributed by atoms with E-state index in [9.17, 15) is 8.42 Å². The first-order chi connectivity index (χ1) is 12.3. The lowest BCUT2D eigenvalue weighted by Gasteiger charge is -2.42. The molecule has 1 fully saturated rings. The SMILES string of the molecule is CCS(=O)(=O)N1CCN(c2ccc(Cl)cc2Cl)[C@@H](c2ccc(C)cc2)C1. The average molecular weight is 413 g/mol. The normalized spacial score (nSPS) is 18.9. The van der Waals surface area contributed by atoms with Gasteiger partial charge in [-0.25, -0.2) is 8.42 Å². The van der Waals surface area contributed by atoms with E-state index in [-0.39, 0.29) is 11.8 Å². The Labute approximate surface area is 165 Å². The molecule has 1 saturated heterocycles. The Morgan fingerprint density at radius 2 is 1.77 bits per heavy atom. The summed E-state index contributed by atoms with van der Waals surface area (Å²) in [7, 11) is -3.24. The minimum Gasteiger partial charge on any atom is -0.361 e. The van der Waals surface area contributed by atoms with E-state index in [2.05, 4.69) is 17.0 Å². The Kier molecular flexibility index (Phi) is 5.82. The number of hydrogen-bond acceptors (Lipinski definition) is 3. The third kappa shape index (κ3) is 4.01.